The van der Waals surface area contributed by atoms with Crippen molar-refractivity contribution in [2.45, 2.75) is 6.42 Å². The van der Waals surface area contributed by atoms with Crippen LogP contribution in [0.2, 0.25) is 0 Å². The van der Waals surface area contributed by atoms with E-state index >= 15 is 0 Å². The number of anilines is 1. The molecule has 0 radical (unpaired) electrons. The van der Waals surface area contributed by atoms with Crippen molar-refractivity contribution in [3.8, 4) is 11.5 Å². The van der Waals surface area contributed by atoms with Crippen molar-refractivity contribution in [1.29, 1.82) is 0 Å². The minimum atomic E-state index is -0.0401. The summed E-state index contributed by atoms with van der Waals surface area (Å²) in [5.41, 5.74) is 1.91. The molecular formula is C19H23BrN2O3. The van der Waals surface area contributed by atoms with E-state index in [0.717, 1.165) is 28.7 Å². The van der Waals surface area contributed by atoms with E-state index in [1.165, 1.54) is 0 Å². The first kappa shape index (κ1) is 19.3. The van der Waals surface area contributed by atoms with Crippen LogP contribution in [0, 0.1) is 0 Å². The Labute approximate surface area is 157 Å². The van der Waals surface area contributed by atoms with Gasteiger partial charge in [-0.05, 0) is 59.2 Å². The number of carbonyl (C=O) groups is 1. The molecule has 1 amide bonds. The van der Waals surface area contributed by atoms with Crippen LogP contribution in [-0.2, 0) is 11.2 Å². The monoisotopic (exact) mass is 406 g/mol. The number of nitrogens with zero attached hydrogens (tertiary/aromatic N) is 1. The van der Waals surface area contributed by atoms with Crippen molar-refractivity contribution in [2.75, 3.05) is 39.7 Å². The highest BCUT2D eigenvalue weighted by atomic mass is 79.9. The van der Waals surface area contributed by atoms with Crippen LogP contribution >= 0.6 is 15.9 Å². The van der Waals surface area contributed by atoms with Gasteiger partial charge in [0.2, 0.25) is 5.91 Å². The largest absolute Gasteiger partial charge is 0.493 e. The molecule has 0 atom stereocenters. The number of para-hydroxylation sites is 1. The molecule has 1 N–H and O–H groups in total. The van der Waals surface area contributed by atoms with Crippen LogP contribution in [0.4, 0.5) is 5.69 Å². The molecule has 25 heavy (non-hydrogen) atoms. The maximum absolute atomic E-state index is 12.2. The molecule has 0 saturated heterocycles. The molecule has 2 aromatic carbocycles. The average molecular weight is 407 g/mol. The van der Waals surface area contributed by atoms with Gasteiger partial charge in [0.05, 0.1) is 26.5 Å². The Hall–Kier alpha value is -2.05. The molecule has 0 saturated carbocycles. The van der Waals surface area contributed by atoms with Crippen LogP contribution in [0.5, 0.6) is 11.5 Å². The molecular weight excluding hydrogens is 384 g/mol. The molecule has 0 aromatic heterocycles. The minimum absolute atomic E-state index is 0.0401. The summed E-state index contributed by atoms with van der Waals surface area (Å²) in [6, 6.07) is 13.4. The van der Waals surface area contributed by atoms with Gasteiger partial charge in [-0.15, -0.1) is 0 Å². The van der Waals surface area contributed by atoms with Crippen molar-refractivity contribution in [3.05, 3.63) is 52.5 Å². The Morgan fingerprint density at radius 1 is 1.12 bits per heavy atom. The number of likely N-dealkylation sites (N-methyl/N-ethyl adjacent to an activating group) is 1. The smallest absolute Gasteiger partial charge is 0.238 e. The Morgan fingerprint density at radius 3 is 2.52 bits per heavy atom. The lowest BCUT2D eigenvalue weighted by atomic mass is 10.1. The lowest BCUT2D eigenvalue weighted by Crippen LogP contribution is -2.31. The number of carbonyl (C=O) groups excluding carboxylic acids is 1. The normalized spacial score (nSPS) is 10.6. The highest BCUT2D eigenvalue weighted by Crippen LogP contribution is 2.27. The second-order valence-electron chi connectivity index (χ2n) is 5.71. The summed E-state index contributed by atoms with van der Waals surface area (Å²) in [5, 5.41) is 2.91. The van der Waals surface area contributed by atoms with Crippen molar-refractivity contribution < 1.29 is 14.3 Å². The van der Waals surface area contributed by atoms with E-state index in [1.54, 1.807) is 14.2 Å². The van der Waals surface area contributed by atoms with E-state index < -0.39 is 0 Å². The third-order valence-corrected chi connectivity index (χ3v) is 4.48. The van der Waals surface area contributed by atoms with Crippen LogP contribution in [0.3, 0.4) is 0 Å². The first-order valence-electron chi connectivity index (χ1n) is 7.97. The molecule has 0 aliphatic heterocycles. The van der Waals surface area contributed by atoms with Crippen LogP contribution in [0.15, 0.2) is 46.9 Å². The third kappa shape index (κ3) is 5.76. The van der Waals surface area contributed by atoms with E-state index in [4.69, 9.17) is 9.47 Å². The van der Waals surface area contributed by atoms with Gasteiger partial charge in [-0.2, -0.15) is 0 Å². The Morgan fingerprint density at radius 2 is 1.84 bits per heavy atom. The minimum Gasteiger partial charge on any atom is -0.493 e. The Balaban J connectivity index is 1.85. The van der Waals surface area contributed by atoms with Gasteiger partial charge in [0.1, 0.15) is 0 Å². The second kappa shape index (κ2) is 9.44. The molecule has 0 aliphatic rings. The van der Waals surface area contributed by atoms with Gasteiger partial charge in [-0.1, -0.05) is 18.2 Å². The van der Waals surface area contributed by atoms with Crippen LogP contribution in [-0.4, -0.2) is 45.2 Å². The van der Waals surface area contributed by atoms with Gasteiger partial charge in [0.25, 0.3) is 0 Å². The summed E-state index contributed by atoms with van der Waals surface area (Å²) >= 11 is 3.43. The van der Waals surface area contributed by atoms with Gasteiger partial charge in [-0.25, -0.2) is 0 Å². The van der Waals surface area contributed by atoms with E-state index in [0.29, 0.717) is 18.0 Å². The maximum Gasteiger partial charge on any atom is 0.238 e. The third-order valence-electron chi connectivity index (χ3n) is 3.79. The molecule has 0 heterocycles. The number of ether oxygens (including phenoxy) is 2. The summed E-state index contributed by atoms with van der Waals surface area (Å²) in [6.07, 6.45) is 0.819. The fraction of sp³-hybridized carbons (Fsp3) is 0.316. The zero-order valence-corrected chi connectivity index (χ0v) is 16.3. The predicted molar refractivity (Wildman–Crippen MR) is 104 cm³/mol. The number of hydrogen-bond acceptors (Lipinski definition) is 4. The standard InChI is InChI=1S/C19H23BrN2O3/c1-22(13-19(23)21-16-7-5-4-6-15(16)20)11-10-14-8-9-17(24-2)18(12-14)25-3/h4-9,12H,10-11,13H2,1-3H3,(H,21,23). The van der Waals surface area contributed by atoms with E-state index in [2.05, 4.69) is 21.2 Å². The molecule has 0 spiro atoms. The van der Waals surface area contributed by atoms with E-state index in [-0.39, 0.29) is 5.91 Å². The molecule has 134 valence electrons. The second-order valence-corrected chi connectivity index (χ2v) is 6.56. The number of methoxy groups -OCH3 is 2. The molecule has 0 aliphatic carbocycles. The van der Waals surface area contributed by atoms with Gasteiger partial charge in [0, 0.05) is 11.0 Å². The van der Waals surface area contributed by atoms with Gasteiger partial charge in [0.15, 0.2) is 11.5 Å². The number of halogens is 1. The summed E-state index contributed by atoms with van der Waals surface area (Å²) in [6.45, 7) is 1.09. The molecule has 5 nitrogen and oxygen atoms in total. The number of nitrogens with one attached hydrogen (secondary N) is 1. The molecule has 6 heteroatoms. The van der Waals surface area contributed by atoms with Gasteiger partial charge < -0.3 is 14.8 Å². The average Bonchev–Trinajstić information content (AvgIpc) is 2.61. The molecule has 0 unspecified atom stereocenters. The van der Waals surface area contributed by atoms with Crippen LogP contribution in [0.25, 0.3) is 0 Å². The number of hydrogen-bond donors (Lipinski definition) is 1. The number of rotatable bonds is 8. The summed E-state index contributed by atoms with van der Waals surface area (Å²) in [7, 11) is 5.18. The molecule has 0 fully saturated rings. The maximum atomic E-state index is 12.2. The summed E-state index contributed by atoms with van der Waals surface area (Å²) in [5.74, 6) is 1.39. The topological polar surface area (TPSA) is 50.8 Å². The number of benzene rings is 2. The van der Waals surface area contributed by atoms with Crippen molar-refractivity contribution in [1.82, 2.24) is 4.90 Å². The van der Waals surface area contributed by atoms with Gasteiger partial charge in [-0.3, -0.25) is 9.69 Å². The van der Waals surface area contributed by atoms with Crippen molar-refractivity contribution >= 4 is 27.5 Å². The van der Waals surface area contributed by atoms with Crippen molar-refractivity contribution in [2.24, 2.45) is 0 Å². The first-order valence-corrected chi connectivity index (χ1v) is 8.76. The summed E-state index contributed by atoms with van der Waals surface area (Å²) < 4.78 is 11.4. The first-order chi connectivity index (χ1) is 12.0. The zero-order valence-electron chi connectivity index (χ0n) is 14.7. The van der Waals surface area contributed by atoms with Crippen molar-refractivity contribution in [3.63, 3.8) is 0 Å². The predicted octanol–water partition coefficient (Wildman–Crippen LogP) is 3.58. The fourth-order valence-corrected chi connectivity index (χ4v) is 2.82. The Kier molecular flexibility index (Phi) is 7.28. The molecule has 2 aromatic rings. The Bertz CT molecular complexity index is 722. The highest BCUT2D eigenvalue weighted by Gasteiger charge is 2.10. The summed E-state index contributed by atoms with van der Waals surface area (Å²) in [4.78, 5) is 14.1. The molecule has 0 bridgehead atoms. The zero-order chi connectivity index (χ0) is 18.2. The van der Waals surface area contributed by atoms with Gasteiger partial charge >= 0.3 is 0 Å². The number of amides is 1. The van der Waals surface area contributed by atoms with E-state index in [9.17, 15) is 4.79 Å². The fourth-order valence-electron chi connectivity index (χ4n) is 2.43. The van der Waals surface area contributed by atoms with Crippen LogP contribution in [0.1, 0.15) is 5.56 Å². The highest BCUT2D eigenvalue weighted by molar-refractivity contribution is 9.10. The van der Waals surface area contributed by atoms with Crippen LogP contribution < -0.4 is 14.8 Å². The lowest BCUT2D eigenvalue weighted by molar-refractivity contribution is -0.117. The lowest BCUT2D eigenvalue weighted by Gasteiger charge is -2.17. The quantitative estimate of drug-likeness (QED) is 0.727. The molecule has 2 rings (SSSR count). The SMILES string of the molecule is COc1ccc(CCN(C)CC(=O)Nc2ccccc2Br)cc1OC. The van der Waals surface area contributed by atoms with E-state index in [1.807, 2.05) is 54.4 Å².